The third kappa shape index (κ3) is 4.83. The lowest BCUT2D eigenvalue weighted by Crippen LogP contribution is -2.19. The number of anilines is 1. The van der Waals surface area contributed by atoms with Crippen molar-refractivity contribution in [3.05, 3.63) is 93.5 Å². The molecule has 3 aromatic heterocycles. The summed E-state index contributed by atoms with van der Waals surface area (Å²) in [5, 5.41) is 23.2. The monoisotopic (exact) mass is 522 g/mol. The highest BCUT2D eigenvalue weighted by atomic mass is 35.5. The van der Waals surface area contributed by atoms with E-state index in [4.69, 9.17) is 28.3 Å². The molecular weight excluding hydrogens is 507 g/mol. The molecule has 0 bridgehead atoms. The molecule has 0 atom stereocenters. The lowest BCUT2D eigenvalue weighted by molar-refractivity contribution is 0.210. The maximum Gasteiger partial charge on any atom is 0.409 e. The van der Waals surface area contributed by atoms with Gasteiger partial charge in [-0.3, -0.25) is 10.1 Å². The second kappa shape index (κ2) is 9.64. The molecule has 0 unspecified atom stereocenters. The molecule has 0 radical (unpaired) electrons. The quantitative estimate of drug-likeness (QED) is 0.301. The number of benzene rings is 2. The zero-order chi connectivity index (χ0) is 25.2. The smallest absolute Gasteiger partial charge is 0.409 e. The van der Waals surface area contributed by atoms with Crippen LogP contribution in [0.3, 0.4) is 0 Å². The van der Waals surface area contributed by atoms with Gasteiger partial charge in [-0.05, 0) is 58.5 Å². The number of nitrogens with zero attached hydrogens (tertiary/aromatic N) is 6. The number of hydrogen-bond acceptors (Lipinski definition) is 6. The molecule has 5 rings (SSSR count). The Morgan fingerprint density at radius 1 is 1.08 bits per heavy atom. The SMILES string of the molecule is O=C(O)Nc1ccc(-c2cnc(Cn3ccc(-c4cc(Cl)ccc4-n4cnnn4)cc3=O)[nH]2)c(Cl)c1. The number of aromatic amines is 1. The number of rotatable bonds is 6. The van der Waals surface area contributed by atoms with E-state index in [0.29, 0.717) is 49.6 Å². The summed E-state index contributed by atoms with van der Waals surface area (Å²) < 4.78 is 3.01. The number of tetrazole rings is 1. The van der Waals surface area contributed by atoms with Gasteiger partial charge in [0.1, 0.15) is 12.2 Å². The van der Waals surface area contributed by atoms with Crippen LogP contribution >= 0.6 is 23.2 Å². The number of imidazole rings is 1. The Hall–Kier alpha value is -4.48. The normalized spacial score (nSPS) is 10.9. The van der Waals surface area contributed by atoms with Crippen molar-refractivity contribution < 1.29 is 9.90 Å². The van der Waals surface area contributed by atoms with Crippen molar-refractivity contribution in [3.63, 3.8) is 0 Å². The summed E-state index contributed by atoms with van der Waals surface area (Å²) >= 11 is 12.5. The number of pyridine rings is 1. The Bertz CT molecular complexity index is 1630. The third-order valence-corrected chi connectivity index (χ3v) is 5.87. The zero-order valence-corrected chi connectivity index (χ0v) is 19.8. The van der Waals surface area contributed by atoms with Crippen LogP contribution in [0.4, 0.5) is 10.5 Å². The van der Waals surface area contributed by atoms with Gasteiger partial charge in [0.05, 0.1) is 29.1 Å². The highest BCUT2D eigenvalue weighted by Gasteiger charge is 2.13. The van der Waals surface area contributed by atoms with Gasteiger partial charge in [-0.25, -0.2) is 9.78 Å². The van der Waals surface area contributed by atoms with Crippen LogP contribution in [0.25, 0.3) is 28.1 Å². The Kier molecular flexibility index (Phi) is 6.23. The molecule has 2 aromatic carbocycles. The molecule has 0 spiro atoms. The van der Waals surface area contributed by atoms with E-state index in [9.17, 15) is 9.59 Å². The topological polar surface area (TPSA) is 144 Å². The summed E-state index contributed by atoms with van der Waals surface area (Å²) in [5.74, 6) is 0.542. The summed E-state index contributed by atoms with van der Waals surface area (Å²) in [4.78, 5) is 31.2. The van der Waals surface area contributed by atoms with E-state index in [1.807, 2.05) is 0 Å². The number of carboxylic acid groups (broad SMARTS) is 1. The number of carbonyl (C=O) groups is 1. The number of amides is 1. The predicted octanol–water partition coefficient (Wildman–Crippen LogP) is 4.33. The third-order valence-electron chi connectivity index (χ3n) is 5.32. The van der Waals surface area contributed by atoms with Crippen molar-refractivity contribution in [3.8, 4) is 28.1 Å². The van der Waals surface area contributed by atoms with E-state index in [1.165, 1.54) is 27.7 Å². The summed E-state index contributed by atoms with van der Waals surface area (Å²) in [6.07, 6.45) is 3.56. The zero-order valence-electron chi connectivity index (χ0n) is 18.3. The molecule has 11 nitrogen and oxygen atoms in total. The lowest BCUT2D eigenvalue weighted by Gasteiger charge is -2.11. The summed E-state index contributed by atoms with van der Waals surface area (Å²) in [6, 6.07) is 13.3. The Labute approximate surface area is 213 Å². The fourth-order valence-electron chi connectivity index (χ4n) is 3.69. The van der Waals surface area contributed by atoms with Crippen LogP contribution < -0.4 is 10.9 Å². The van der Waals surface area contributed by atoms with Crippen LogP contribution in [0.15, 0.2) is 72.0 Å². The van der Waals surface area contributed by atoms with Crippen LogP contribution in [0.1, 0.15) is 5.82 Å². The second-order valence-electron chi connectivity index (χ2n) is 7.67. The van der Waals surface area contributed by atoms with Gasteiger partial charge in [-0.2, -0.15) is 4.68 Å². The van der Waals surface area contributed by atoms with Crippen molar-refractivity contribution in [1.82, 2.24) is 34.7 Å². The van der Waals surface area contributed by atoms with Gasteiger partial charge in [-0.1, -0.05) is 23.2 Å². The standard InChI is InChI=1S/C23H16Cl2N8O3/c24-14-1-4-20(33-12-27-30-31-33)17(8-14)13-5-6-32(22(34)7-13)11-21-26-10-19(29-21)16-3-2-15(9-18(16)25)28-23(35)36/h1-10,12,28H,11H2,(H,26,29)(H,35,36). The first-order valence-corrected chi connectivity index (χ1v) is 11.2. The Morgan fingerprint density at radius 3 is 2.67 bits per heavy atom. The predicted molar refractivity (Wildman–Crippen MR) is 134 cm³/mol. The van der Waals surface area contributed by atoms with Crippen LogP contribution in [0.5, 0.6) is 0 Å². The van der Waals surface area contributed by atoms with Crippen LogP contribution in [-0.2, 0) is 6.54 Å². The fourth-order valence-corrected chi connectivity index (χ4v) is 4.15. The van der Waals surface area contributed by atoms with E-state index in [2.05, 4.69) is 30.8 Å². The maximum atomic E-state index is 12.9. The first-order chi connectivity index (χ1) is 17.4. The number of aromatic nitrogens is 7. The minimum Gasteiger partial charge on any atom is -0.465 e. The molecule has 1 amide bonds. The van der Waals surface area contributed by atoms with Crippen LogP contribution in [-0.4, -0.2) is 45.9 Å². The lowest BCUT2D eigenvalue weighted by atomic mass is 10.0. The maximum absolute atomic E-state index is 12.9. The van der Waals surface area contributed by atoms with Gasteiger partial charge >= 0.3 is 6.09 Å². The second-order valence-corrected chi connectivity index (χ2v) is 8.51. The molecule has 0 fully saturated rings. The first kappa shape index (κ1) is 23.3. The highest BCUT2D eigenvalue weighted by Crippen LogP contribution is 2.30. The van der Waals surface area contributed by atoms with Crippen molar-refractivity contribution in [2.45, 2.75) is 6.54 Å². The van der Waals surface area contributed by atoms with Crippen molar-refractivity contribution in [2.75, 3.05) is 5.32 Å². The number of hydrogen-bond donors (Lipinski definition) is 3. The van der Waals surface area contributed by atoms with E-state index >= 15 is 0 Å². The molecule has 180 valence electrons. The van der Waals surface area contributed by atoms with E-state index in [0.717, 1.165) is 0 Å². The van der Waals surface area contributed by atoms with Gasteiger partial charge in [0, 0.05) is 34.1 Å². The van der Waals surface area contributed by atoms with E-state index < -0.39 is 6.09 Å². The van der Waals surface area contributed by atoms with Gasteiger partial charge in [0.25, 0.3) is 5.56 Å². The van der Waals surface area contributed by atoms with Gasteiger partial charge in [0.15, 0.2) is 0 Å². The van der Waals surface area contributed by atoms with Crippen molar-refractivity contribution in [2.24, 2.45) is 0 Å². The van der Waals surface area contributed by atoms with E-state index in [-0.39, 0.29) is 12.1 Å². The summed E-state index contributed by atoms with van der Waals surface area (Å²) in [7, 11) is 0. The van der Waals surface area contributed by atoms with E-state index in [1.54, 1.807) is 48.8 Å². The Morgan fingerprint density at radius 2 is 1.94 bits per heavy atom. The number of H-pyrrole nitrogens is 1. The molecule has 0 saturated carbocycles. The molecule has 3 N–H and O–H groups in total. The molecule has 0 aliphatic rings. The number of halogens is 2. The van der Waals surface area contributed by atoms with Gasteiger partial charge < -0.3 is 14.7 Å². The fraction of sp³-hybridized carbons (Fsp3) is 0.0435. The largest absolute Gasteiger partial charge is 0.465 e. The van der Waals surface area contributed by atoms with Gasteiger partial charge in [-0.15, -0.1) is 5.10 Å². The molecule has 36 heavy (non-hydrogen) atoms. The highest BCUT2D eigenvalue weighted by molar-refractivity contribution is 6.33. The van der Waals surface area contributed by atoms with Crippen LogP contribution in [0, 0.1) is 0 Å². The minimum absolute atomic E-state index is 0.199. The van der Waals surface area contributed by atoms with Gasteiger partial charge in [0.2, 0.25) is 0 Å². The average molecular weight is 523 g/mol. The van der Waals surface area contributed by atoms with Crippen LogP contribution in [0.2, 0.25) is 10.0 Å². The first-order valence-electron chi connectivity index (χ1n) is 10.4. The molecular formula is C23H16Cl2N8O3. The number of nitrogens with one attached hydrogen (secondary N) is 2. The summed E-state index contributed by atoms with van der Waals surface area (Å²) in [6.45, 7) is 0.199. The van der Waals surface area contributed by atoms with Crippen molar-refractivity contribution in [1.29, 1.82) is 0 Å². The Balaban J connectivity index is 1.40. The molecule has 5 aromatic rings. The molecule has 0 aliphatic heterocycles. The minimum atomic E-state index is -1.18. The van der Waals surface area contributed by atoms with Crippen molar-refractivity contribution >= 4 is 35.0 Å². The molecule has 13 heteroatoms. The average Bonchev–Trinajstić information content (AvgIpc) is 3.53. The molecule has 0 aliphatic carbocycles. The summed E-state index contributed by atoms with van der Waals surface area (Å²) in [5.41, 5.74) is 3.43. The molecule has 3 heterocycles. The molecule has 0 saturated heterocycles.